The topological polar surface area (TPSA) is 87.4 Å². The van der Waals surface area contributed by atoms with Gasteiger partial charge in [0.15, 0.2) is 11.8 Å². The van der Waals surface area contributed by atoms with E-state index in [2.05, 4.69) is 39.2 Å². The number of fused-ring (bicyclic) bond motifs is 1. The van der Waals surface area contributed by atoms with Gasteiger partial charge in [-0.1, -0.05) is 13.0 Å². The van der Waals surface area contributed by atoms with Gasteiger partial charge in [0, 0.05) is 39.5 Å². The first-order valence-electron chi connectivity index (χ1n) is 8.32. The Morgan fingerprint density at radius 1 is 1.54 bits per heavy atom. The van der Waals surface area contributed by atoms with Gasteiger partial charge in [-0.05, 0) is 6.42 Å². The van der Waals surface area contributed by atoms with Crippen LogP contribution in [0.25, 0.3) is 0 Å². The van der Waals surface area contributed by atoms with Gasteiger partial charge in [0.25, 0.3) is 0 Å². The summed E-state index contributed by atoms with van der Waals surface area (Å²) in [4.78, 5) is 22.2. The van der Waals surface area contributed by atoms with E-state index in [-0.39, 0.29) is 18.5 Å². The van der Waals surface area contributed by atoms with Crippen LogP contribution in [0.15, 0.2) is 17.6 Å². The van der Waals surface area contributed by atoms with Gasteiger partial charge in [-0.2, -0.15) is 5.10 Å². The molecule has 1 aliphatic rings. The molecule has 2 heterocycles. The largest absolute Gasteiger partial charge is 0.353 e. The molecule has 8 nitrogen and oxygen atoms in total. The molecule has 1 atom stereocenters. The fraction of sp³-hybridized carbons (Fsp3) is 0.625. The number of aromatic nitrogens is 3. The first kappa shape index (κ1) is 18.0. The Bertz CT molecular complexity index is 606. The fourth-order valence-electron chi connectivity index (χ4n) is 2.43. The number of nitrogens with zero attached hydrogens (tertiary/aromatic N) is 5. The molecule has 0 fully saturated rings. The molecule has 0 saturated heterocycles. The molecule has 1 aliphatic heterocycles. The normalized spacial score (nSPS) is 17.1. The second kappa shape index (κ2) is 8.47. The Morgan fingerprint density at radius 2 is 2.33 bits per heavy atom. The van der Waals surface area contributed by atoms with Crippen molar-refractivity contribution in [3.05, 3.63) is 24.3 Å². The van der Waals surface area contributed by atoms with Crippen LogP contribution in [-0.4, -0.2) is 64.8 Å². The third-order valence-corrected chi connectivity index (χ3v) is 3.84. The summed E-state index contributed by atoms with van der Waals surface area (Å²) in [5.41, 5.74) is 0. The summed E-state index contributed by atoms with van der Waals surface area (Å²) in [6.45, 7) is 7.21. The van der Waals surface area contributed by atoms with Crippen molar-refractivity contribution < 1.29 is 4.79 Å². The Hall–Kier alpha value is -2.38. The lowest BCUT2D eigenvalue weighted by Gasteiger charge is -2.25. The molecule has 1 unspecified atom stereocenters. The molecule has 0 aliphatic carbocycles. The van der Waals surface area contributed by atoms with Crippen molar-refractivity contribution in [3.8, 4) is 0 Å². The quantitative estimate of drug-likeness (QED) is 0.433. The van der Waals surface area contributed by atoms with Gasteiger partial charge in [0.1, 0.15) is 12.4 Å². The number of hydrogen-bond acceptors (Lipinski definition) is 4. The summed E-state index contributed by atoms with van der Waals surface area (Å²) in [7, 11) is 3.45. The van der Waals surface area contributed by atoms with Crippen molar-refractivity contribution in [1.82, 2.24) is 30.3 Å². The molecular formula is C16H27N7O. The molecule has 1 aromatic heterocycles. The van der Waals surface area contributed by atoms with Crippen molar-refractivity contribution in [1.29, 1.82) is 0 Å². The van der Waals surface area contributed by atoms with Crippen LogP contribution in [0.1, 0.15) is 25.0 Å². The molecule has 2 N–H and O–H groups in total. The molecule has 24 heavy (non-hydrogen) atoms. The zero-order valence-corrected chi connectivity index (χ0v) is 14.7. The Morgan fingerprint density at radius 3 is 3.00 bits per heavy atom. The Kier molecular flexibility index (Phi) is 6.34. The zero-order valence-electron chi connectivity index (χ0n) is 14.7. The zero-order chi connectivity index (χ0) is 17.5. The molecule has 0 radical (unpaired) electrons. The molecule has 2 rings (SSSR count). The van der Waals surface area contributed by atoms with Gasteiger partial charge < -0.3 is 15.5 Å². The molecule has 0 saturated carbocycles. The van der Waals surface area contributed by atoms with E-state index in [1.54, 1.807) is 20.2 Å². The average Bonchev–Trinajstić information content (AvgIpc) is 2.99. The van der Waals surface area contributed by atoms with Crippen LogP contribution < -0.4 is 10.6 Å². The van der Waals surface area contributed by atoms with E-state index >= 15 is 0 Å². The lowest BCUT2D eigenvalue weighted by molar-refractivity contribution is -0.127. The smallest absolute Gasteiger partial charge is 0.243 e. The number of carbonyl (C=O) groups excluding carboxylic acids is 1. The Balaban J connectivity index is 1.99. The van der Waals surface area contributed by atoms with Crippen LogP contribution in [0.4, 0.5) is 0 Å². The molecule has 8 heteroatoms. The monoisotopic (exact) mass is 333 g/mol. The Labute approximate surface area is 143 Å². The van der Waals surface area contributed by atoms with Crippen LogP contribution in [0.3, 0.4) is 0 Å². The number of aliphatic imine (C=N–C) groups is 1. The van der Waals surface area contributed by atoms with E-state index < -0.39 is 0 Å². The number of guanidine groups is 1. The van der Waals surface area contributed by atoms with Crippen LogP contribution in [0.2, 0.25) is 0 Å². The van der Waals surface area contributed by atoms with E-state index in [4.69, 9.17) is 0 Å². The maximum atomic E-state index is 11.7. The van der Waals surface area contributed by atoms with Gasteiger partial charge in [-0.3, -0.25) is 4.79 Å². The van der Waals surface area contributed by atoms with E-state index in [0.717, 1.165) is 37.5 Å². The lowest BCUT2D eigenvalue weighted by Crippen LogP contribution is -2.47. The van der Waals surface area contributed by atoms with Gasteiger partial charge in [-0.25, -0.2) is 14.7 Å². The van der Waals surface area contributed by atoms with Crippen molar-refractivity contribution in [2.45, 2.75) is 38.8 Å². The minimum Gasteiger partial charge on any atom is -0.353 e. The second-order valence-electron chi connectivity index (χ2n) is 5.98. The maximum Gasteiger partial charge on any atom is 0.243 e. The SMILES string of the molecule is C=CCNC(=NCC(=O)N(C)C)NC1CCc2nc(CC)nn2C1. The molecular weight excluding hydrogens is 306 g/mol. The number of nitrogens with one attached hydrogen (secondary N) is 2. The highest BCUT2D eigenvalue weighted by atomic mass is 16.2. The first-order chi connectivity index (χ1) is 11.5. The molecule has 0 bridgehead atoms. The summed E-state index contributed by atoms with van der Waals surface area (Å²) in [6, 6.07) is 0.203. The van der Waals surface area contributed by atoms with Crippen molar-refractivity contribution in [2.24, 2.45) is 4.99 Å². The predicted molar refractivity (Wildman–Crippen MR) is 93.8 cm³/mol. The average molecular weight is 333 g/mol. The van der Waals surface area contributed by atoms with Crippen molar-refractivity contribution in [2.75, 3.05) is 27.2 Å². The molecule has 1 amide bonds. The summed E-state index contributed by atoms with van der Waals surface area (Å²) in [6.07, 6.45) is 4.45. The van der Waals surface area contributed by atoms with E-state index in [9.17, 15) is 4.79 Å². The number of likely N-dealkylation sites (N-methyl/N-ethyl adjacent to an activating group) is 1. The third-order valence-electron chi connectivity index (χ3n) is 3.84. The summed E-state index contributed by atoms with van der Waals surface area (Å²) >= 11 is 0. The predicted octanol–water partition coefficient (Wildman–Crippen LogP) is -0.0353. The third kappa shape index (κ3) is 4.81. The van der Waals surface area contributed by atoms with Crippen molar-refractivity contribution in [3.63, 3.8) is 0 Å². The molecule has 1 aromatic rings. The molecule has 0 aromatic carbocycles. The minimum absolute atomic E-state index is 0.0375. The standard InChI is InChI=1S/C16H27N7O/c1-5-9-17-16(18-10-15(24)22(3)4)19-12-7-8-14-20-13(6-2)21-23(14)11-12/h5,12H,1,6-11H2,2-4H3,(H2,17,18,19). The van der Waals surface area contributed by atoms with Gasteiger partial charge >= 0.3 is 0 Å². The number of hydrogen-bond donors (Lipinski definition) is 2. The highest BCUT2D eigenvalue weighted by Gasteiger charge is 2.22. The maximum absolute atomic E-state index is 11.7. The fourth-order valence-corrected chi connectivity index (χ4v) is 2.43. The summed E-state index contributed by atoms with van der Waals surface area (Å²) in [5.74, 6) is 2.52. The first-order valence-corrected chi connectivity index (χ1v) is 8.32. The highest BCUT2D eigenvalue weighted by Crippen LogP contribution is 2.13. The van der Waals surface area contributed by atoms with Crippen LogP contribution in [-0.2, 0) is 24.2 Å². The second-order valence-corrected chi connectivity index (χ2v) is 5.98. The van der Waals surface area contributed by atoms with E-state index in [1.165, 1.54) is 4.90 Å². The highest BCUT2D eigenvalue weighted by molar-refractivity contribution is 5.85. The van der Waals surface area contributed by atoms with Crippen molar-refractivity contribution >= 4 is 11.9 Å². The molecule has 0 spiro atoms. The number of aryl methyl sites for hydroxylation is 2. The van der Waals surface area contributed by atoms with Gasteiger partial charge in [0.2, 0.25) is 5.91 Å². The number of rotatable bonds is 6. The van der Waals surface area contributed by atoms with E-state index in [0.29, 0.717) is 12.5 Å². The van der Waals surface area contributed by atoms with Crippen LogP contribution in [0, 0.1) is 0 Å². The van der Waals surface area contributed by atoms with Gasteiger partial charge in [-0.15, -0.1) is 6.58 Å². The number of carbonyl (C=O) groups is 1. The number of amides is 1. The van der Waals surface area contributed by atoms with E-state index in [1.807, 2.05) is 4.68 Å². The van der Waals surface area contributed by atoms with Crippen LogP contribution in [0.5, 0.6) is 0 Å². The minimum atomic E-state index is -0.0375. The summed E-state index contributed by atoms with van der Waals surface area (Å²) in [5, 5.41) is 11.1. The lowest BCUT2D eigenvalue weighted by atomic mass is 10.1. The van der Waals surface area contributed by atoms with Gasteiger partial charge in [0.05, 0.1) is 6.54 Å². The molecule has 132 valence electrons. The summed E-state index contributed by atoms with van der Waals surface area (Å²) < 4.78 is 1.97. The van der Waals surface area contributed by atoms with Crippen LogP contribution >= 0.6 is 0 Å².